The lowest BCUT2D eigenvalue weighted by atomic mass is 10.1. The van der Waals surface area contributed by atoms with Gasteiger partial charge in [0.1, 0.15) is 0 Å². The monoisotopic (exact) mass is 426 g/mol. The van der Waals surface area contributed by atoms with Gasteiger partial charge in [0.25, 0.3) is 10.0 Å². The molecule has 10 heteroatoms. The smallest absolute Gasteiger partial charge is 0.337 e. The van der Waals surface area contributed by atoms with E-state index < -0.39 is 26.0 Å². The fourth-order valence-electron chi connectivity index (χ4n) is 2.38. The Bertz CT molecular complexity index is 1110. The number of carbonyl (C=O) groups is 1. The van der Waals surface area contributed by atoms with Crippen molar-refractivity contribution in [2.75, 3.05) is 25.9 Å². The van der Waals surface area contributed by atoms with Crippen molar-refractivity contribution in [3.8, 4) is 0 Å². The highest BCUT2D eigenvalue weighted by atomic mass is 32.2. The summed E-state index contributed by atoms with van der Waals surface area (Å²) in [5.41, 5.74) is 1.61. The summed E-state index contributed by atoms with van der Waals surface area (Å²) in [6.07, 6.45) is 0. The van der Waals surface area contributed by atoms with Crippen LogP contribution in [0.25, 0.3) is 0 Å². The van der Waals surface area contributed by atoms with E-state index in [1.165, 1.54) is 57.6 Å². The Morgan fingerprint density at radius 1 is 0.964 bits per heavy atom. The van der Waals surface area contributed by atoms with Gasteiger partial charge < -0.3 is 4.74 Å². The van der Waals surface area contributed by atoms with E-state index in [9.17, 15) is 21.6 Å². The standard InChI is InChI=1S/C18H22N2O6S2/c1-12-10-16(28(24,25)20(3)4)11-17(13(12)2)19-27(22,23)15-8-6-14(7-9-15)18(21)26-5/h6-11,19H,1-5H3. The first-order valence-electron chi connectivity index (χ1n) is 8.15. The summed E-state index contributed by atoms with van der Waals surface area (Å²) in [4.78, 5) is 11.4. The molecule has 0 unspecified atom stereocenters. The normalized spacial score (nSPS) is 12.1. The molecule has 0 bridgehead atoms. The van der Waals surface area contributed by atoms with Crippen molar-refractivity contribution in [3.63, 3.8) is 0 Å². The van der Waals surface area contributed by atoms with E-state index in [1.54, 1.807) is 13.8 Å². The molecule has 0 aliphatic carbocycles. The van der Waals surface area contributed by atoms with Gasteiger partial charge in [-0.05, 0) is 61.4 Å². The number of rotatable bonds is 6. The summed E-state index contributed by atoms with van der Waals surface area (Å²) in [5.74, 6) is -0.579. The van der Waals surface area contributed by atoms with Crippen molar-refractivity contribution in [2.24, 2.45) is 0 Å². The molecule has 0 aliphatic rings. The molecule has 0 spiro atoms. The van der Waals surface area contributed by atoms with Gasteiger partial charge >= 0.3 is 5.97 Å². The Kier molecular flexibility index (Phi) is 6.17. The number of benzene rings is 2. The summed E-state index contributed by atoms with van der Waals surface area (Å²) in [6.45, 7) is 3.40. The minimum atomic E-state index is -3.99. The van der Waals surface area contributed by atoms with Gasteiger partial charge in [-0.2, -0.15) is 0 Å². The minimum absolute atomic E-state index is 0.0145. The Morgan fingerprint density at radius 3 is 2.04 bits per heavy atom. The fraction of sp³-hybridized carbons (Fsp3) is 0.278. The highest BCUT2D eigenvalue weighted by Gasteiger charge is 2.22. The Morgan fingerprint density at radius 2 is 1.54 bits per heavy atom. The molecule has 0 heterocycles. The second-order valence-electron chi connectivity index (χ2n) is 6.32. The van der Waals surface area contributed by atoms with Crippen molar-refractivity contribution in [2.45, 2.75) is 23.6 Å². The van der Waals surface area contributed by atoms with E-state index in [1.807, 2.05) is 0 Å². The van der Waals surface area contributed by atoms with E-state index in [0.717, 1.165) is 4.31 Å². The third kappa shape index (κ3) is 4.34. The number of sulfonamides is 2. The molecule has 2 aromatic rings. The number of ether oxygens (including phenoxy) is 1. The predicted molar refractivity (Wildman–Crippen MR) is 105 cm³/mol. The Hall–Kier alpha value is -2.43. The first kappa shape index (κ1) is 21.9. The van der Waals surface area contributed by atoms with E-state index in [0.29, 0.717) is 11.1 Å². The number of nitrogens with zero attached hydrogens (tertiary/aromatic N) is 1. The van der Waals surface area contributed by atoms with Crippen LogP contribution in [0.4, 0.5) is 5.69 Å². The summed E-state index contributed by atoms with van der Waals surface area (Å²) in [7, 11) is -3.69. The van der Waals surface area contributed by atoms with Crippen molar-refractivity contribution >= 4 is 31.7 Å². The average Bonchev–Trinajstić information content (AvgIpc) is 2.64. The molecule has 0 atom stereocenters. The summed E-state index contributed by atoms with van der Waals surface area (Å²) in [6, 6.07) is 8.01. The van der Waals surface area contributed by atoms with E-state index >= 15 is 0 Å². The first-order chi connectivity index (χ1) is 12.9. The maximum Gasteiger partial charge on any atom is 0.337 e. The summed E-state index contributed by atoms with van der Waals surface area (Å²) >= 11 is 0. The highest BCUT2D eigenvalue weighted by Crippen LogP contribution is 2.27. The topological polar surface area (TPSA) is 110 Å². The zero-order valence-corrected chi connectivity index (χ0v) is 17.8. The van der Waals surface area contributed by atoms with Crippen LogP contribution in [0.5, 0.6) is 0 Å². The van der Waals surface area contributed by atoms with Crippen LogP contribution < -0.4 is 4.72 Å². The molecule has 0 fully saturated rings. The van der Waals surface area contributed by atoms with E-state index in [2.05, 4.69) is 9.46 Å². The molecule has 8 nitrogen and oxygen atoms in total. The fourth-order valence-corrected chi connectivity index (χ4v) is 4.51. The Balaban J connectivity index is 2.46. The largest absolute Gasteiger partial charge is 0.465 e. The van der Waals surface area contributed by atoms with Gasteiger partial charge in [-0.25, -0.2) is 25.9 Å². The molecule has 0 saturated carbocycles. The predicted octanol–water partition coefficient (Wildman–Crippen LogP) is 2.14. The first-order valence-corrected chi connectivity index (χ1v) is 11.1. The molecule has 0 saturated heterocycles. The van der Waals surface area contributed by atoms with Crippen LogP contribution in [-0.2, 0) is 24.8 Å². The van der Waals surface area contributed by atoms with Gasteiger partial charge in [-0.15, -0.1) is 0 Å². The third-order valence-electron chi connectivity index (χ3n) is 4.25. The second kappa shape index (κ2) is 7.90. The van der Waals surface area contributed by atoms with Crippen LogP contribution in [-0.4, -0.2) is 48.3 Å². The van der Waals surface area contributed by atoms with Crippen LogP contribution in [0.1, 0.15) is 21.5 Å². The molecular weight excluding hydrogens is 404 g/mol. The number of hydrogen-bond acceptors (Lipinski definition) is 6. The van der Waals surface area contributed by atoms with E-state index in [4.69, 9.17) is 0 Å². The molecule has 152 valence electrons. The molecule has 2 aromatic carbocycles. The Labute approximate surface area is 165 Å². The van der Waals surface area contributed by atoms with Crippen LogP contribution in [0.3, 0.4) is 0 Å². The highest BCUT2D eigenvalue weighted by molar-refractivity contribution is 7.92. The van der Waals surface area contributed by atoms with Crippen LogP contribution in [0.2, 0.25) is 0 Å². The van der Waals surface area contributed by atoms with Gasteiger partial charge in [0.05, 0.1) is 28.2 Å². The van der Waals surface area contributed by atoms with E-state index in [-0.39, 0.29) is 21.0 Å². The minimum Gasteiger partial charge on any atom is -0.465 e. The van der Waals surface area contributed by atoms with Crippen LogP contribution in [0.15, 0.2) is 46.2 Å². The van der Waals surface area contributed by atoms with Crippen molar-refractivity contribution in [1.29, 1.82) is 0 Å². The molecule has 28 heavy (non-hydrogen) atoms. The zero-order chi connectivity index (χ0) is 21.3. The van der Waals surface area contributed by atoms with Gasteiger partial charge in [0.2, 0.25) is 10.0 Å². The number of esters is 1. The molecule has 0 radical (unpaired) electrons. The lowest BCUT2D eigenvalue weighted by Crippen LogP contribution is -2.23. The molecule has 1 N–H and O–H groups in total. The quantitative estimate of drug-likeness (QED) is 0.709. The number of aryl methyl sites for hydroxylation is 1. The summed E-state index contributed by atoms with van der Waals surface area (Å²) < 4.78 is 58.4. The zero-order valence-electron chi connectivity index (χ0n) is 16.2. The molecular formula is C18H22N2O6S2. The van der Waals surface area contributed by atoms with Gasteiger partial charge in [0.15, 0.2) is 0 Å². The number of anilines is 1. The lowest BCUT2D eigenvalue weighted by molar-refractivity contribution is 0.0600. The summed E-state index contributed by atoms with van der Waals surface area (Å²) in [5, 5.41) is 0. The van der Waals surface area contributed by atoms with Crippen LogP contribution in [0, 0.1) is 13.8 Å². The van der Waals surface area contributed by atoms with Gasteiger partial charge in [-0.3, -0.25) is 4.72 Å². The van der Waals surface area contributed by atoms with Gasteiger partial charge in [0, 0.05) is 14.1 Å². The average molecular weight is 427 g/mol. The molecule has 2 rings (SSSR count). The van der Waals surface area contributed by atoms with Crippen LogP contribution >= 0.6 is 0 Å². The second-order valence-corrected chi connectivity index (χ2v) is 10.2. The SMILES string of the molecule is COC(=O)c1ccc(S(=O)(=O)Nc2cc(S(=O)(=O)N(C)C)cc(C)c2C)cc1. The maximum atomic E-state index is 12.7. The molecule has 0 aromatic heterocycles. The third-order valence-corrected chi connectivity index (χ3v) is 7.42. The van der Waals surface area contributed by atoms with Crippen molar-refractivity contribution in [3.05, 3.63) is 53.1 Å². The van der Waals surface area contributed by atoms with Crippen molar-refractivity contribution in [1.82, 2.24) is 4.31 Å². The lowest BCUT2D eigenvalue weighted by Gasteiger charge is -2.17. The number of methoxy groups -OCH3 is 1. The van der Waals surface area contributed by atoms with Crippen molar-refractivity contribution < 1.29 is 26.4 Å². The number of hydrogen-bond donors (Lipinski definition) is 1. The maximum absolute atomic E-state index is 12.7. The van der Waals surface area contributed by atoms with Gasteiger partial charge in [-0.1, -0.05) is 0 Å². The molecule has 0 amide bonds. The number of carbonyl (C=O) groups excluding carboxylic acids is 1. The number of nitrogens with one attached hydrogen (secondary N) is 1. The molecule has 0 aliphatic heterocycles.